The molecule has 1 fully saturated rings. The quantitative estimate of drug-likeness (QED) is 0.601. The molecule has 7 heteroatoms. The zero-order valence-electron chi connectivity index (χ0n) is 15.2. The normalized spacial score (nSPS) is 17.2. The molecule has 1 unspecified atom stereocenters. The molecule has 0 aliphatic carbocycles. The zero-order chi connectivity index (χ0) is 18.4. The highest BCUT2D eigenvalue weighted by Crippen LogP contribution is 2.25. The van der Waals surface area contributed by atoms with E-state index in [1.165, 1.54) is 6.07 Å². The second kappa shape index (κ2) is 8.80. The number of amides is 1. The van der Waals surface area contributed by atoms with Crippen LogP contribution in [0, 0.1) is 16.0 Å². The SMILES string of the molecule is CC(C)COC(=O)N1CCCN(C(C)c2cccc([N+](=O)[O-])c2)CC1. The predicted octanol–water partition coefficient (Wildman–Crippen LogP) is 3.46. The van der Waals surface area contributed by atoms with Gasteiger partial charge in [-0.2, -0.15) is 0 Å². The highest BCUT2D eigenvalue weighted by Gasteiger charge is 2.24. The van der Waals surface area contributed by atoms with Crippen LogP contribution in [0.5, 0.6) is 0 Å². The molecular formula is C18H27N3O4. The second-order valence-electron chi connectivity index (χ2n) is 6.88. The van der Waals surface area contributed by atoms with E-state index in [1.807, 2.05) is 26.8 Å². The summed E-state index contributed by atoms with van der Waals surface area (Å²) in [6.07, 6.45) is 0.606. The summed E-state index contributed by atoms with van der Waals surface area (Å²) in [7, 11) is 0. The van der Waals surface area contributed by atoms with Crippen molar-refractivity contribution in [1.29, 1.82) is 0 Å². The van der Waals surface area contributed by atoms with Crippen LogP contribution in [-0.4, -0.2) is 53.6 Å². The fraction of sp³-hybridized carbons (Fsp3) is 0.611. The van der Waals surface area contributed by atoms with Crippen molar-refractivity contribution < 1.29 is 14.5 Å². The lowest BCUT2D eigenvalue weighted by molar-refractivity contribution is -0.384. The lowest BCUT2D eigenvalue weighted by Crippen LogP contribution is -2.36. The topological polar surface area (TPSA) is 75.9 Å². The minimum Gasteiger partial charge on any atom is -0.449 e. The van der Waals surface area contributed by atoms with E-state index >= 15 is 0 Å². The minimum absolute atomic E-state index is 0.0616. The van der Waals surface area contributed by atoms with Crippen molar-refractivity contribution in [3.63, 3.8) is 0 Å². The van der Waals surface area contributed by atoms with Gasteiger partial charge in [0.1, 0.15) is 0 Å². The third-order valence-corrected chi connectivity index (χ3v) is 4.44. The Bertz CT molecular complexity index is 606. The Hall–Kier alpha value is -2.15. The van der Waals surface area contributed by atoms with E-state index in [0.717, 1.165) is 25.1 Å². The summed E-state index contributed by atoms with van der Waals surface area (Å²) in [6, 6.07) is 6.83. The van der Waals surface area contributed by atoms with Gasteiger partial charge in [-0.05, 0) is 24.8 Å². The van der Waals surface area contributed by atoms with Crippen LogP contribution in [0.2, 0.25) is 0 Å². The first kappa shape index (κ1) is 19.2. The highest BCUT2D eigenvalue weighted by atomic mass is 16.6. The van der Waals surface area contributed by atoms with Gasteiger partial charge in [-0.15, -0.1) is 0 Å². The first-order valence-corrected chi connectivity index (χ1v) is 8.78. The van der Waals surface area contributed by atoms with Gasteiger partial charge >= 0.3 is 6.09 Å². The van der Waals surface area contributed by atoms with E-state index in [9.17, 15) is 14.9 Å². The Morgan fingerprint density at radius 1 is 1.24 bits per heavy atom. The maximum absolute atomic E-state index is 12.1. The van der Waals surface area contributed by atoms with Gasteiger partial charge in [0.2, 0.25) is 0 Å². The number of nitro groups is 1. The van der Waals surface area contributed by atoms with Crippen LogP contribution in [0.1, 0.15) is 38.8 Å². The van der Waals surface area contributed by atoms with Gasteiger partial charge < -0.3 is 9.64 Å². The molecule has 0 N–H and O–H groups in total. The largest absolute Gasteiger partial charge is 0.449 e. The van der Waals surface area contributed by atoms with Crippen LogP contribution < -0.4 is 0 Å². The number of nitrogens with zero attached hydrogens (tertiary/aromatic N) is 3. The van der Waals surface area contributed by atoms with Gasteiger partial charge in [-0.3, -0.25) is 15.0 Å². The Morgan fingerprint density at radius 2 is 2.00 bits per heavy atom. The monoisotopic (exact) mass is 349 g/mol. The van der Waals surface area contributed by atoms with Crippen molar-refractivity contribution in [2.75, 3.05) is 32.8 Å². The maximum Gasteiger partial charge on any atom is 0.409 e. The smallest absolute Gasteiger partial charge is 0.409 e. The van der Waals surface area contributed by atoms with Gasteiger partial charge in [-0.25, -0.2) is 4.79 Å². The molecule has 1 heterocycles. The van der Waals surface area contributed by atoms with Crippen molar-refractivity contribution in [2.24, 2.45) is 5.92 Å². The molecule has 0 saturated carbocycles. The van der Waals surface area contributed by atoms with Gasteiger partial charge in [0, 0.05) is 44.4 Å². The van der Waals surface area contributed by atoms with E-state index in [1.54, 1.807) is 17.0 Å². The molecule has 1 amide bonds. The molecule has 0 aromatic heterocycles. The first-order valence-electron chi connectivity index (χ1n) is 8.78. The molecule has 1 aliphatic rings. The molecule has 25 heavy (non-hydrogen) atoms. The Morgan fingerprint density at radius 3 is 2.68 bits per heavy atom. The number of hydrogen-bond acceptors (Lipinski definition) is 5. The molecular weight excluding hydrogens is 322 g/mol. The number of rotatable bonds is 5. The van der Waals surface area contributed by atoms with Gasteiger partial charge in [0.05, 0.1) is 11.5 Å². The first-order chi connectivity index (χ1) is 11.9. The lowest BCUT2D eigenvalue weighted by atomic mass is 10.1. The number of non-ortho nitro benzene ring substituents is 1. The standard InChI is InChI=1S/C18H27N3O4/c1-14(2)13-25-18(22)20-9-5-8-19(10-11-20)15(3)16-6-4-7-17(12-16)21(23)24/h4,6-7,12,14-15H,5,8-11,13H2,1-3H3. The highest BCUT2D eigenvalue weighted by molar-refractivity contribution is 5.67. The third kappa shape index (κ3) is 5.42. The molecule has 1 saturated heterocycles. The van der Waals surface area contributed by atoms with Gasteiger partial charge in [-0.1, -0.05) is 26.0 Å². The molecule has 0 spiro atoms. The zero-order valence-corrected chi connectivity index (χ0v) is 15.2. The summed E-state index contributed by atoms with van der Waals surface area (Å²) in [5.74, 6) is 0.321. The van der Waals surface area contributed by atoms with E-state index < -0.39 is 0 Å². The number of benzene rings is 1. The van der Waals surface area contributed by atoms with Crippen LogP contribution >= 0.6 is 0 Å². The fourth-order valence-electron chi connectivity index (χ4n) is 2.95. The molecule has 1 aromatic carbocycles. The Labute approximate surface area is 148 Å². The fourth-order valence-corrected chi connectivity index (χ4v) is 2.95. The molecule has 0 bridgehead atoms. The molecule has 1 aromatic rings. The number of nitro benzene ring substituents is 1. The molecule has 1 atom stereocenters. The third-order valence-electron chi connectivity index (χ3n) is 4.44. The number of carbonyl (C=O) groups is 1. The summed E-state index contributed by atoms with van der Waals surface area (Å²) in [6.45, 7) is 9.36. The van der Waals surface area contributed by atoms with E-state index in [4.69, 9.17) is 4.74 Å². The minimum atomic E-state index is -0.370. The van der Waals surface area contributed by atoms with E-state index in [-0.39, 0.29) is 22.7 Å². The van der Waals surface area contributed by atoms with Crippen molar-refractivity contribution in [3.8, 4) is 0 Å². The van der Waals surface area contributed by atoms with Crippen molar-refractivity contribution >= 4 is 11.8 Å². The average molecular weight is 349 g/mol. The molecule has 2 rings (SSSR count). The van der Waals surface area contributed by atoms with E-state index in [0.29, 0.717) is 25.6 Å². The maximum atomic E-state index is 12.1. The van der Waals surface area contributed by atoms with Crippen molar-refractivity contribution in [2.45, 2.75) is 33.2 Å². The number of ether oxygens (including phenoxy) is 1. The number of carbonyl (C=O) groups excluding carboxylic acids is 1. The summed E-state index contributed by atoms with van der Waals surface area (Å²) in [4.78, 5) is 26.7. The van der Waals surface area contributed by atoms with Crippen molar-refractivity contribution in [1.82, 2.24) is 9.80 Å². The van der Waals surface area contributed by atoms with Crippen LogP contribution in [-0.2, 0) is 4.74 Å². The van der Waals surface area contributed by atoms with Crippen molar-refractivity contribution in [3.05, 3.63) is 39.9 Å². The van der Waals surface area contributed by atoms with Crippen LogP contribution in [0.15, 0.2) is 24.3 Å². The molecule has 1 aliphatic heterocycles. The van der Waals surface area contributed by atoms with Crippen LogP contribution in [0.3, 0.4) is 0 Å². The number of hydrogen-bond donors (Lipinski definition) is 0. The molecule has 7 nitrogen and oxygen atoms in total. The molecule has 138 valence electrons. The van der Waals surface area contributed by atoms with Crippen LogP contribution in [0.4, 0.5) is 10.5 Å². The van der Waals surface area contributed by atoms with Gasteiger partial charge in [0.15, 0.2) is 0 Å². The predicted molar refractivity (Wildman–Crippen MR) is 95.5 cm³/mol. The second-order valence-corrected chi connectivity index (χ2v) is 6.88. The average Bonchev–Trinajstić information content (AvgIpc) is 2.85. The van der Waals surface area contributed by atoms with Crippen LogP contribution in [0.25, 0.3) is 0 Å². The summed E-state index contributed by atoms with van der Waals surface area (Å²) in [5.41, 5.74) is 1.03. The van der Waals surface area contributed by atoms with E-state index in [2.05, 4.69) is 4.90 Å². The summed E-state index contributed by atoms with van der Waals surface area (Å²) < 4.78 is 5.31. The Balaban J connectivity index is 1.97. The lowest BCUT2D eigenvalue weighted by Gasteiger charge is -2.28. The van der Waals surface area contributed by atoms with Gasteiger partial charge in [0.25, 0.3) is 5.69 Å². The summed E-state index contributed by atoms with van der Waals surface area (Å²) in [5, 5.41) is 11.0. The Kier molecular flexibility index (Phi) is 6.75. The summed E-state index contributed by atoms with van der Waals surface area (Å²) >= 11 is 0. The molecule has 0 radical (unpaired) electrons.